The molecule has 0 saturated carbocycles. The highest BCUT2D eigenvalue weighted by Gasteiger charge is 2.19. The van der Waals surface area contributed by atoms with Crippen LogP contribution in [0.3, 0.4) is 0 Å². The molecule has 1 atom stereocenters. The van der Waals surface area contributed by atoms with E-state index < -0.39 is 6.10 Å². The summed E-state index contributed by atoms with van der Waals surface area (Å²) in [7, 11) is 0. The number of allylic oxidation sites excluding steroid dienone is 10. The van der Waals surface area contributed by atoms with Crippen molar-refractivity contribution in [1.82, 2.24) is 0 Å². The second-order valence-electron chi connectivity index (χ2n) is 20.2. The molecule has 0 aliphatic heterocycles. The van der Waals surface area contributed by atoms with Gasteiger partial charge >= 0.3 is 17.9 Å². The smallest absolute Gasteiger partial charge is 0.306 e. The normalized spacial score (nSPS) is 12.4. The maximum absolute atomic E-state index is 12.8. The van der Waals surface area contributed by atoms with Gasteiger partial charge in [0.1, 0.15) is 13.2 Å². The molecule has 0 heterocycles. The monoisotopic (exact) mass is 979 g/mol. The SMILES string of the molecule is CC/C=C\C/C=C\C/C=C\C/C=C\C/C=C\CCCCCCCCCCCCCCCCCC(=O)OCC(COC(=O)CCCCCCCCCCC)OC(=O)CCCCCCCCCCCCCC. The average Bonchev–Trinajstić information content (AvgIpc) is 3.36. The van der Waals surface area contributed by atoms with Gasteiger partial charge in [-0.2, -0.15) is 0 Å². The zero-order valence-corrected chi connectivity index (χ0v) is 46.5. The van der Waals surface area contributed by atoms with Gasteiger partial charge in [0, 0.05) is 19.3 Å². The Labute approximate surface area is 434 Å². The third-order valence-electron chi connectivity index (χ3n) is 13.3. The lowest BCUT2D eigenvalue weighted by Crippen LogP contribution is -2.30. The largest absolute Gasteiger partial charge is 0.462 e. The fourth-order valence-corrected chi connectivity index (χ4v) is 8.77. The molecule has 0 aliphatic carbocycles. The molecule has 0 aromatic carbocycles. The molecule has 70 heavy (non-hydrogen) atoms. The predicted molar refractivity (Wildman–Crippen MR) is 302 cm³/mol. The molecule has 0 radical (unpaired) electrons. The molecule has 0 spiro atoms. The zero-order valence-electron chi connectivity index (χ0n) is 46.5. The van der Waals surface area contributed by atoms with Gasteiger partial charge in [0.2, 0.25) is 0 Å². The standard InChI is InChI=1S/C64H114O6/c1-4-7-10-13-16-19-21-23-24-25-26-27-28-29-30-31-32-33-34-35-36-37-38-39-40-41-43-45-48-51-54-57-63(66)69-60-61(59-68-62(65)56-53-50-47-44-18-15-12-9-6-3)70-64(67)58-55-52-49-46-42-22-20-17-14-11-8-5-2/h7,10,16,19,23-24,26-27,29-30,61H,4-6,8-9,11-15,17-18,20-22,25,28,31-60H2,1-3H3/b10-7-,19-16-,24-23-,27-26-,30-29-. The number of hydrogen-bond donors (Lipinski definition) is 0. The summed E-state index contributed by atoms with van der Waals surface area (Å²) in [5.74, 6) is -0.857. The molecule has 0 aromatic heterocycles. The van der Waals surface area contributed by atoms with Crippen molar-refractivity contribution in [3.63, 3.8) is 0 Å². The second-order valence-corrected chi connectivity index (χ2v) is 20.2. The Bertz CT molecular complexity index is 1260. The van der Waals surface area contributed by atoms with Gasteiger partial charge in [-0.05, 0) is 64.2 Å². The van der Waals surface area contributed by atoms with Crippen molar-refractivity contribution >= 4 is 17.9 Å². The third kappa shape index (κ3) is 56.0. The number of carbonyl (C=O) groups excluding carboxylic acids is 3. The zero-order chi connectivity index (χ0) is 50.7. The number of carbonyl (C=O) groups is 3. The minimum Gasteiger partial charge on any atom is -0.462 e. The molecular weight excluding hydrogens is 865 g/mol. The van der Waals surface area contributed by atoms with Gasteiger partial charge in [-0.25, -0.2) is 0 Å². The summed E-state index contributed by atoms with van der Waals surface area (Å²) < 4.78 is 16.8. The number of rotatable bonds is 55. The van der Waals surface area contributed by atoms with Crippen molar-refractivity contribution in [3.05, 3.63) is 60.8 Å². The highest BCUT2D eigenvalue weighted by atomic mass is 16.6. The summed E-state index contributed by atoms with van der Waals surface area (Å²) in [4.78, 5) is 38.0. The van der Waals surface area contributed by atoms with Gasteiger partial charge in [0.15, 0.2) is 6.10 Å². The van der Waals surface area contributed by atoms with Crippen molar-refractivity contribution in [3.8, 4) is 0 Å². The topological polar surface area (TPSA) is 78.9 Å². The summed E-state index contributed by atoms with van der Waals surface area (Å²) >= 11 is 0. The van der Waals surface area contributed by atoms with E-state index in [4.69, 9.17) is 14.2 Å². The first-order chi connectivity index (χ1) is 34.5. The summed E-state index contributed by atoms with van der Waals surface area (Å²) in [6.45, 7) is 6.53. The molecule has 0 bridgehead atoms. The Morgan fingerprint density at radius 3 is 0.871 bits per heavy atom. The van der Waals surface area contributed by atoms with E-state index in [-0.39, 0.29) is 31.1 Å². The van der Waals surface area contributed by atoms with Gasteiger partial charge < -0.3 is 14.2 Å². The van der Waals surface area contributed by atoms with Crippen molar-refractivity contribution in [1.29, 1.82) is 0 Å². The van der Waals surface area contributed by atoms with Crippen LogP contribution in [0.1, 0.15) is 310 Å². The molecule has 406 valence electrons. The van der Waals surface area contributed by atoms with E-state index in [1.54, 1.807) is 0 Å². The van der Waals surface area contributed by atoms with Crippen LogP contribution in [-0.4, -0.2) is 37.2 Å². The molecule has 0 fully saturated rings. The molecule has 1 unspecified atom stereocenters. The number of ether oxygens (including phenoxy) is 3. The lowest BCUT2D eigenvalue weighted by atomic mass is 10.0. The maximum Gasteiger partial charge on any atom is 0.306 e. The van der Waals surface area contributed by atoms with E-state index in [0.717, 1.165) is 89.9 Å². The fourth-order valence-electron chi connectivity index (χ4n) is 8.77. The number of esters is 3. The van der Waals surface area contributed by atoms with Crippen molar-refractivity contribution in [2.24, 2.45) is 0 Å². The average molecular weight is 980 g/mol. The third-order valence-corrected chi connectivity index (χ3v) is 13.3. The maximum atomic E-state index is 12.8. The first kappa shape index (κ1) is 67.1. The van der Waals surface area contributed by atoms with Crippen LogP contribution < -0.4 is 0 Å². The summed E-state index contributed by atoms with van der Waals surface area (Å²) in [6.07, 6.45) is 73.8. The van der Waals surface area contributed by atoms with Gasteiger partial charge in [0.25, 0.3) is 0 Å². The van der Waals surface area contributed by atoms with E-state index in [1.807, 2.05) is 0 Å². The lowest BCUT2D eigenvalue weighted by molar-refractivity contribution is -0.167. The first-order valence-electron chi connectivity index (χ1n) is 30.3. The number of hydrogen-bond acceptors (Lipinski definition) is 6. The summed E-state index contributed by atoms with van der Waals surface area (Å²) in [5, 5.41) is 0. The predicted octanol–water partition coefficient (Wildman–Crippen LogP) is 20.4. The molecule has 6 nitrogen and oxygen atoms in total. The Hall–Kier alpha value is -2.89. The van der Waals surface area contributed by atoms with Crippen LogP contribution in [0.2, 0.25) is 0 Å². The van der Waals surface area contributed by atoms with Crippen molar-refractivity contribution in [2.75, 3.05) is 13.2 Å². The molecule has 0 aromatic rings. The Kier molecular flexibility index (Phi) is 56.3. The molecule has 6 heteroatoms. The van der Waals surface area contributed by atoms with E-state index in [9.17, 15) is 14.4 Å². The lowest BCUT2D eigenvalue weighted by Gasteiger charge is -2.18. The van der Waals surface area contributed by atoms with E-state index in [1.165, 1.54) is 180 Å². The quantitative estimate of drug-likeness (QED) is 0.0261. The van der Waals surface area contributed by atoms with Crippen LogP contribution in [0.4, 0.5) is 0 Å². The highest BCUT2D eigenvalue weighted by molar-refractivity contribution is 5.71. The highest BCUT2D eigenvalue weighted by Crippen LogP contribution is 2.17. The Balaban J connectivity index is 4.05. The van der Waals surface area contributed by atoms with Crippen LogP contribution in [-0.2, 0) is 28.6 Å². The molecule has 0 N–H and O–H groups in total. The molecule has 0 aliphatic rings. The van der Waals surface area contributed by atoms with Crippen LogP contribution in [0, 0.1) is 0 Å². The van der Waals surface area contributed by atoms with E-state index in [2.05, 4.69) is 81.5 Å². The van der Waals surface area contributed by atoms with Crippen LogP contribution in [0.15, 0.2) is 60.8 Å². The first-order valence-corrected chi connectivity index (χ1v) is 30.3. The van der Waals surface area contributed by atoms with Gasteiger partial charge in [0.05, 0.1) is 0 Å². The second kappa shape index (κ2) is 58.7. The summed E-state index contributed by atoms with van der Waals surface area (Å²) in [5.41, 5.74) is 0. The van der Waals surface area contributed by atoms with Crippen molar-refractivity contribution in [2.45, 2.75) is 316 Å². The fraction of sp³-hybridized carbons (Fsp3) is 0.797. The number of unbranched alkanes of at least 4 members (excludes halogenated alkanes) is 34. The molecule has 0 saturated heterocycles. The van der Waals surface area contributed by atoms with E-state index >= 15 is 0 Å². The molecular formula is C64H114O6. The Morgan fingerprint density at radius 1 is 0.300 bits per heavy atom. The van der Waals surface area contributed by atoms with Crippen molar-refractivity contribution < 1.29 is 28.6 Å². The summed E-state index contributed by atoms with van der Waals surface area (Å²) in [6, 6.07) is 0. The Morgan fingerprint density at radius 2 is 0.557 bits per heavy atom. The molecule has 0 amide bonds. The van der Waals surface area contributed by atoms with E-state index in [0.29, 0.717) is 19.3 Å². The van der Waals surface area contributed by atoms with Crippen LogP contribution >= 0.6 is 0 Å². The molecule has 0 rings (SSSR count). The van der Waals surface area contributed by atoms with Crippen LogP contribution in [0.5, 0.6) is 0 Å². The van der Waals surface area contributed by atoms with Crippen LogP contribution in [0.25, 0.3) is 0 Å². The van der Waals surface area contributed by atoms with Gasteiger partial charge in [-0.15, -0.1) is 0 Å². The van der Waals surface area contributed by atoms with Gasteiger partial charge in [-0.3, -0.25) is 14.4 Å². The minimum absolute atomic E-state index is 0.0683. The van der Waals surface area contributed by atoms with Gasteiger partial charge in [-0.1, -0.05) is 287 Å². The minimum atomic E-state index is -0.767.